The number of allylic oxidation sites excluding steroid dienone is 1. The number of hydrogen-bond acceptors (Lipinski definition) is 5. The molecule has 2 N–H and O–H groups in total. The highest BCUT2D eigenvalue weighted by molar-refractivity contribution is 7.80. The molecule has 6 nitrogen and oxygen atoms in total. The fourth-order valence-electron chi connectivity index (χ4n) is 5.25. The summed E-state index contributed by atoms with van der Waals surface area (Å²) in [6.07, 6.45) is 1.21. The van der Waals surface area contributed by atoms with Gasteiger partial charge in [-0.2, -0.15) is 0 Å². The maximum absolute atomic E-state index is 13.9. The molecule has 1 atom stereocenters. The van der Waals surface area contributed by atoms with Crippen molar-refractivity contribution in [2.24, 2.45) is 5.41 Å². The average molecular weight is 514 g/mol. The normalized spacial score (nSPS) is 18.2. The number of methoxy groups -OCH3 is 2. The van der Waals surface area contributed by atoms with Crippen LogP contribution in [0.1, 0.15) is 38.3 Å². The van der Waals surface area contributed by atoms with Gasteiger partial charge in [0.25, 0.3) is 0 Å². The molecule has 0 spiro atoms. The molecular formula is C30H31N3O3S. The number of carbonyl (C=O) groups excluding carboxylic acids is 1. The van der Waals surface area contributed by atoms with Crippen LogP contribution in [0.5, 0.6) is 11.5 Å². The number of nitrogens with zero attached hydrogens (tertiary/aromatic N) is 1. The van der Waals surface area contributed by atoms with Crippen molar-refractivity contribution in [3.05, 3.63) is 89.6 Å². The van der Waals surface area contributed by atoms with Crippen molar-refractivity contribution in [3.63, 3.8) is 0 Å². The van der Waals surface area contributed by atoms with Gasteiger partial charge in [-0.3, -0.25) is 4.79 Å². The van der Waals surface area contributed by atoms with E-state index < -0.39 is 6.04 Å². The molecule has 0 bridgehead atoms. The lowest BCUT2D eigenvalue weighted by Crippen LogP contribution is -2.41. The van der Waals surface area contributed by atoms with E-state index in [9.17, 15) is 4.79 Å². The van der Waals surface area contributed by atoms with Gasteiger partial charge >= 0.3 is 0 Å². The molecule has 2 aliphatic rings. The van der Waals surface area contributed by atoms with E-state index in [1.807, 2.05) is 77.7 Å². The largest absolute Gasteiger partial charge is 0.493 e. The number of nitrogens with one attached hydrogen (secondary N) is 2. The lowest BCUT2D eigenvalue weighted by atomic mass is 9.73. The smallest absolute Gasteiger partial charge is 0.178 e. The summed E-state index contributed by atoms with van der Waals surface area (Å²) >= 11 is 6.05. The summed E-state index contributed by atoms with van der Waals surface area (Å²) < 4.78 is 11.1. The van der Waals surface area contributed by atoms with Crippen LogP contribution in [0.3, 0.4) is 0 Å². The van der Waals surface area contributed by atoms with E-state index in [4.69, 9.17) is 21.7 Å². The molecule has 1 heterocycles. The standard InChI is InChI=1S/C30H31N3O3S/c1-30(2)17-22-27(24(34)18-30)28(19-14-15-25(35-3)26(16-19)36-4)33(23-13-9-8-12-21(23)32-22)29(37)31-20-10-6-5-7-11-20/h5-16,28,32H,17-18H2,1-4H3,(H,31,37)/t28-/m0/s1. The number of ether oxygens (including phenoxy) is 2. The molecule has 7 heteroatoms. The lowest BCUT2D eigenvalue weighted by molar-refractivity contribution is -0.118. The van der Waals surface area contributed by atoms with Crippen LogP contribution in [0.15, 0.2) is 84.1 Å². The monoisotopic (exact) mass is 513 g/mol. The number of fused-ring (bicyclic) bond motifs is 1. The summed E-state index contributed by atoms with van der Waals surface area (Å²) in [6.45, 7) is 4.27. The first-order valence-electron chi connectivity index (χ1n) is 12.3. The van der Waals surface area contributed by atoms with Crippen LogP contribution < -0.4 is 25.0 Å². The second kappa shape index (κ2) is 9.90. The van der Waals surface area contributed by atoms with Gasteiger partial charge in [-0.05, 0) is 66.0 Å². The third-order valence-electron chi connectivity index (χ3n) is 6.87. The summed E-state index contributed by atoms with van der Waals surface area (Å²) in [5.41, 5.74) is 5.04. The van der Waals surface area contributed by atoms with Gasteiger partial charge < -0.3 is 25.0 Å². The van der Waals surface area contributed by atoms with Crippen LogP contribution >= 0.6 is 12.2 Å². The third kappa shape index (κ3) is 4.79. The SMILES string of the molecule is COc1ccc([C@H]2C3=C(CC(C)(C)CC3=O)Nc3ccccc3N2C(=S)Nc2ccccc2)cc1OC. The topological polar surface area (TPSA) is 62.8 Å². The van der Waals surface area contributed by atoms with Gasteiger partial charge in [0.15, 0.2) is 22.4 Å². The summed E-state index contributed by atoms with van der Waals surface area (Å²) in [5, 5.41) is 7.51. The van der Waals surface area contributed by atoms with Crippen LogP contribution in [0.25, 0.3) is 0 Å². The first-order chi connectivity index (χ1) is 17.8. The number of rotatable bonds is 4. The van der Waals surface area contributed by atoms with E-state index in [0.717, 1.165) is 40.3 Å². The van der Waals surface area contributed by atoms with E-state index in [-0.39, 0.29) is 11.2 Å². The Hall–Kier alpha value is -3.84. The number of ketones is 1. The van der Waals surface area contributed by atoms with Gasteiger partial charge in [-0.25, -0.2) is 0 Å². The van der Waals surface area contributed by atoms with Crippen LogP contribution in [-0.4, -0.2) is 25.1 Å². The predicted molar refractivity (Wildman–Crippen MR) is 153 cm³/mol. The van der Waals surface area contributed by atoms with E-state index in [0.29, 0.717) is 23.0 Å². The zero-order valence-corrected chi connectivity index (χ0v) is 22.3. The first-order valence-corrected chi connectivity index (χ1v) is 12.7. The van der Waals surface area contributed by atoms with E-state index >= 15 is 0 Å². The van der Waals surface area contributed by atoms with E-state index in [1.54, 1.807) is 14.2 Å². The zero-order chi connectivity index (χ0) is 26.2. The molecule has 0 saturated carbocycles. The maximum atomic E-state index is 13.9. The maximum Gasteiger partial charge on any atom is 0.178 e. The Kier molecular flexibility index (Phi) is 6.65. The van der Waals surface area contributed by atoms with E-state index in [1.165, 1.54) is 0 Å². The molecule has 0 radical (unpaired) electrons. The molecular weight excluding hydrogens is 482 g/mol. The molecule has 3 aromatic rings. The Labute approximate surface area is 223 Å². The second-order valence-electron chi connectivity index (χ2n) is 10.2. The van der Waals surface area contributed by atoms with Crippen molar-refractivity contribution in [2.45, 2.75) is 32.7 Å². The number of para-hydroxylation sites is 3. The second-order valence-corrected chi connectivity index (χ2v) is 10.5. The summed E-state index contributed by atoms with van der Waals surface area (Å²) in [4.78, 5) is 15.9. The number of hydrogen-bond donors (Lipinski definition) is 2. The van der Waals surface area contributed by atoms with Crippen LogP contribution in [-0.2, 0) is 4.79 Å². The van der Waals surface area contributed by atoms with Gasteiger partial charge in [0, 0.05) is 23.4 Å². The summed E-state index contributed by atoms with van der Waals surface area (Å²) in [7, 11) is 3.23. The molecule has 3 aromatic carbocycles. The van der Waals surface area contributed by atoms with Crippen molar-refractivity contribution in [1.29, 1.82) is 0 Å². The minimum Gasteiger partial charge on any atom is -0.493 e. The van der Waals surface area contributed by atoms with Gasteiger partial charge in [0.1, 0.15) is 0 Å². The summed E-state index contributed by atoms with van der Waals surface area (Å²) in [5.74, 6) is 1.33. The third-order valence-corrected chi connectivity index (χ3v) is 7.17. The van der Waals surface area contributed by atoms with Crippen molar-refractivity contribution >= 4 is 40.2 Å². The number of Topliss-reactive ketones (excluding diaryl/α,β-unsaturated/α-hetero) is 1. The Morgan fingerprint density at radius 1 is 0.973 bits per heavy atom. The van der Waals surface area contributed by atoms with Crippen molar-refractivity contribution in [2.75, 3.05) is 29.8 Å². The highest BCUT2D eigenvalue weighted by Crippen LogP contribution is 2.49. The van der Waals surface area contributed by atoms with Gasteiger partial charge in [0.2, 0.25) is 0 Å². The molecule has 0 unspecified atom stereocenters. The number of thiocarbonyl (C=S) groups is 1. The molecule has 1 aliphatic carbocycles. The van der Waals surface area contributed by atoms with Crippen molar-refractivity contribution < 1.29 is 14.3 Å². The van der Waals surface area contributed by atoms with Gasteiger partial charge in [-0.15, -0.1) is 0 Å². The Morgan fingerprint density at radius 2 is 1.68 bits per heavy atom. The average Bonchev–Trinajstić information content (AvgIpc) is 3.02. The zero-order valence-electron chi connectivity index (χ0n) is 21.5. The molecule has 0 aromatic heterocycles. The number of anilines is 3. The highest BCUT2D eigenvalue weighted by Gasteiger charge is 2.42. The predicted octanol–water partition coefficient (Wildman–Crippen LogP) is 6.72. The highest BCUT2D eigenvalue weighted by atomic mass is 32.1. The Morgan fingerprint density at radius 3 is 2.41 bits per heavy atom. The van der Waals surface area contributed by atoms with Gasteiger partial charge in [0.05, 0.1) is 31.6 Å². The molecule has 37 heavy (non-hydrogen) atoms. The first kappa shape index (κ1) is 24.8. The lowest BCUT2D eigenvalue weighted by Gasteiger charge is -2.38. The fraction of sp³-hybridized carbons (Fsp3) is 0.267. The number of benzene rings is 3. The fourth-order valence-corrected chi connectivity index (χ4v) is 5.58. The van der Waals surface area contributed by atoms with Gasteiger partial charge in [-0.1, -0.05) is 50.2 Å². The molecule has 1 aliphatic heterocycles. The van der Waals surface area contributed by atoms with E-state index in [2.05, 4.69) is 24.5 Å². The Balaban J connectivity index is 1.74. The molecule has 190 valence electrons. The van der Waals surface area contributed by atoms with Crippen molar-refractivity contribution in [1.82, 2.24) is 0 Å². The number of carbonyl (C=O) groups is 1. The molecule has 0 amide bonds. The molecule has 0 saturated heterocycles. The van der Waals surface area contributed by atoms with Crippen LogP contribution in [0.2, 0.25) is 0 Å². The van der Waals surface area contributed by atoms with Crippen molar-refractivity contribution in [3.8, 4) is 11.5 Å². The molecule has 0 fully saturated rings. The minimum atomic E-state index is -0.474. The van der Waals surface area contributed by atoms with Crippen LogP contribution in [0, 0.1) is 5.41 Å². The quantitative estimate of drug-likeness (QED) is 0.376. The summed E-state index contributed by atoms with van der Waals surface area (Å²) in [6, 6.07) is 23.2. The van der Waals surface area contributed by atoms with Crippen LogP contribution in [0.4, 0.5) is 17.1 Å². The Bertz CT molecular complexity index is 1380. The molecule has 5 rings (SSSR count). The minimum absolute atomic E-state index is 0.110.